The Balaban J connectivity index is 1.94. The molecule has 9 heteroatoms. The molecule has 1 N–H and O–H groups in total. The van der Waals surface area contributed by atoms with Crippen molar-refractivity contribution in [1.82, 2.24) is 9.97 Å². The third-order valence-electron chi connectivity index (χ3n) is 5.66. The third-order valence-corrected chi connectivity index (χ3v) is 5.66. The lowest BCUT2D eigenvalue weighted by Crippen LogP contribution is -2.02. The van der Waals surface area contributed by atoms with Crippen LogP contribution in [0, 0.1) is 0 Å². The first-order valence-electron chi connectivity index (χ1n) is 11.0. The first-order valence-corrected chi connectivity index (χ1v) is 11.0. The molecule has 0 aliphatic rings. The Morgan fingerprint density at radius 2 is 1.39 bits per heavy atom. The molecule has 36 heavy (non-hydrogen) atoms. The number of rotatable bonds is 9. The predicted molar refractivity (Wildman–Crippen MR) is 137 cm³/mol. The summed E-state index contributed by atoms with van der Waals surface area (Å²) in [5.41, 5.74) is 2.55. The van der Waals surface area contributed by atoms with Crippen molar-refractivity contribution in [2.24, 2.45) is 0 Å². The summed E-state index contributed by atoms with van der Waals surface area (Å²) in [4.78, 5) is 21.5. The van der Waals surface area contributed by atoms with Crippen molar-refractivity contribution in [3.63, 3.8) is 0 Å². The molecule has 0 aliphatic carbocycles. The molecule has 186 valence electrons. The second-order valence-corrected chi connectivity index (χ2v) is 7.80. The second kappa shape index (κ2) is 10.4. The van der Waals surface area contributed by atoms with Crippen molar-refractivity contribution in [1.29, 1.82) is 0 Å². The quantitative estimate of drug-likeness (QED) is 0.314. The van der Waals surface area contributed by atoms with Crippen LogP contribution in [0.15, 0.2) is 48.5 Å². The van der Waals surface area contributed by atoms with Gasteiger partial charge in [-0.2, -0.15) is 0 Å². The molecule has 0 amide bonds. The Morgan fingerprint density at radius 3 is 1.97 bits per heavy atom. The average molecular weight is 490 g/mol. The standard InChI is InChI=1S/C27H27N3O6/c1-15(31)16-8-7-9-17(10-16)26-29-20-14-22(33-3)21(32-2)13-19(20)27(30-26)28-18-11-23(34-4)25(36-6)24(12-18)35-5/h7-14H,1-6H3,(H,28,29,30). The predicted octanol–water partition coefficient (Wildman–Crippen LogP) is 5.29. The number of methoxy groups -OCH3 is 5. The van der Waals surface area contributed by atoms with Crippen LogP contribution in [0.1, 0.15) is 17.3 Å². The van der Waals surface area contributed by atoms with Gasteiger partial charge < -0.3 is 29.0 Å². The molecule has 4 rings (SSSR count). The number of fused-ring (bicyclic) bond motifs is 1. The maximum absolute atomic E-state index is 12.0. The zero-order chi connectivity index (χ0) is 25.8. The first-order chi connectivity index (χ1) is 17.4. The van der Waals surface area contributed by atoms with Crippen molar-refractivity contribution >= 4 is 28.2 Å². The minimum absolute atomic E-state index is 0.0418. The van der Waals surface area contributed by atoms with Gasteiger partial charge in [-0.1, -0.05) is 18.2 Å². The summed E-state index contributed by atoms with van der Waals surface area (Å²) in [5, 5.41) is 4.06. The number of ketones is 1. The van der Waals surface area contributed by atoms with E-state index in [0.29, 0.717) is 68.1 Å². The molecule has 0 saturated heterocycles. The average Bonchev–Trinajstić information content (AvgIpc) is 2.91. The Morgan fingerprint density at radius 1 is 0.750 bits per heavy atom. The highest BCUT2D eigenvalue weighted by atomic mass is 16.5. The highest BCUT2D eigenvalue weighted by Crippen LogP contribution is 2.42. The number of anilines is 2. The Bertz CT molecular complexity index is 1410. The van der Waals surface area contributed by atoms with Crippen molar-refractivity contribution < 1.29 is 28.5 Å². The molecule has 9 nitrogen and oxygen atoms in total. The van der Waals surface area contributed by atoms with E-state index in [1.54, 1.807) is 71.9 Å². The monoisotopic (exact) mass is 489 g/mol. The van der Waals surface area contributed by atoms with Crippen molar-refractivity contribution in [3.05, 3.63) is 54.1 Å². The highest BCUT2D eigenvalue weighted by Gasteiger charge is 2.18. The van der Waals surface area contributed by atoms with E-state index in [-0.39, 0.29) is 5.78 Å². The van der Waals surface area contributed by atoms with E-state index in [1.807, 2.05) is 12.1 Å². The van der Waals surface area contributed by atoms with Gasteiger partial charge in [0.15, 0.2) is 34.6 Å². The molecule has 4 aromatic rings. The molecule has 0 unspecified atom stereocenters. The van der Waals surface area contributed by atoms with Crippen LogP contribution in [0.25, 0.3) is 22.3 Å². The minimum atomic E-state index is -0.0418. The topological polar surface area (TPSA) is 101 Å². The van der Waals surface area contributed by atoms with E-state index in [0.717, 1.165) is 0 Å². The molecule has 3 aromatic carbocycles. The number of benzene rings is 3. The Kier molecular flexibility index (Phi) is 7.10. The molecule has 0 spiro atoms. The number of carbonyl (C=O) groups excluding carboxylic acids is 1. The molecule has 1 heterocycles. The molecular formula is C27H27N3O6. The van der Waals surface area contributed by atoms with Gasteiger partial charge in [0.05, 0.1) is 41.1 Å². The highest BCUT2D eigenvalue weighted by molar-refractivity contribution is 5.97. The maximum atomic E-state index is 12.0. The number of hydrogen-bond acceptors (Lipinski definition) is 9. The number of aromatic nitrogens is 2. The van der Waals surface area contributed by atoms with Gasteiger partial charge in [-0.3, -0.25) is 4.79 Å². The summed E-state index contributed by atoms with van der Waals surface area (Å²) >= 11 is 0. The van der Waals surface area contributed by atoms with Gasteiger partial charge in [-0.15, -0.1) is 0 Å². The van der Waals surface area contributed by atoms with E-state index in [9.17, 15) is 4.79 Å². The zero-order valence-corrected chi connectivity index (χ0v) is 21.0. The number of nitrogens with one attached hydrogen (secondary N) is 1. The summed E-state index contributed by atoms with van der Waals surface area (Å²) in [7, 11) is 7.79. The molecule has 0 aliphatic heterocycles. The van der Waals surface area contributed by atoms with E-state index < -0.39 is 0 Å². The summed E-state index contributed by atoms with van der Waals surface area (Å²) in [6, 6.07) is 14.4. The smallest absolute Gasteiger partial charge is 0.203 e. The van der Waals surface area contributed by atoms with Crippen molar-refractivity contribution in [3.8, 4) is 40.1 Å². The molecule has 0 fully saturated rings. The van der Waals surface area contributed by atoms with Gasteiger partial charge in [0.2, 0.25) is 5.75 Å². The molecule has 1 aromatic heterocycles. The van der Waals surface area contributed by atoms with Gasteiger partial charge in [-0.05, 0) is 19.1 Å². The zero-order valence-electron chi connectivity index (χ0n) is 21.0. The number of carbonyl (C=O) groups is 1. The molecule has 0 atom stereocenters. The second-order valence-electron chi connectivity index (χ2n) is 7.80. The van der Waals surface area contributed by atoms with Crippen LogP contribution in [-0.2, 0) is 0 Å². The Labute approximate surface area is 209 Å². The Hall–Kier alpha value is -4.53. The molecule has 0 radical (unpaired) electrons. The van der Waals surface area contributed by atoms with Crippen molar-refractivity contribution in [2.75, 3.05) is 40.9 Å². The molecule has 0 bridgehead atoms. The fraction of sp³-hybridized carbons (Fsp3) is 0.222. The number of ether oxygens (including phenoxy) is 5. The summed E-state index contributed by atoms with van der Waals surface area (Å²) < 4.78 is 27.4. The third kappa shape index (κ3) is 4.68. The van der Waals surface area contributed by atoms with Crippen LogP contribution < -0.4 is 29.0 Å². The molecular weight excluding hydrogens is 462 g/mol. The lowest BCUT2D eigenvalue weighted by atomic mass is 10.1. The van der Waals surface area contributed by atoms with Crippen LogP contribution in [0.4, 0.5) is 11.5 Å². The lowest BCUT2D eigenvalue weighted by Gasteiger charge is -2.17. The summed E-state index contributed by atoms with van der Waals surface area (Å²) in [5.74, 6) is 3.44. The van der Waals surface area contributed by atoms with Crippen LogP contribution >= 0.6 is 0 Å². The number of nitrogens with zero attached hydrogens (tertiary/aromatic N) is 2. The van der Waals surface area contributed by atoms with E-state index >= 15 is 0 Å². The maximum Gasteiger partial charge on any atom is 0.203 e. The fourth-order valence-electron chi connectivity index (χ4n) is 3.85. The van der Waals surface area contributed by atoms with Gasteiger partial charge in [0.25, 0.3) is 0 Å². The van der Waals surface area contributed by atoms with E-state index in [2.05, 4.69) is 5.32 Å². The fourth-order valence-corrected chi connectivity index (χ4v) is 3.85. The van der Waals surface area contributed by atoms with Gasteiger partial charge in [0, 0.05) is 40.4 Å². The summed E-state index contributed by atoms with van der Waals surface area (Å²) in [6.45, 7) is 1.52. The normalized spacial score (nSPS) is 10.6. The largest absolute Gasteiger partial charge is 0.493 e. The SMILES string of the molecule is COc1cc2nc(-c3cccc(C(C)=O)c3)nc(Nc3cc(OC)c(OC)c(OC)c3)c2cc1OC. The van der Waals surface area contributed by atoms with Gasteiger partial charge in [0.1, 0.15) is 5.82 Å². The number of Topliss-reactive ketones (excluding diaryl/α,β-unsaturated/α-hetero) is 1. The lowest BCUT2D eigenvalue weighted by molar-refractivity contribution is 0.101. The van der Waals surface area contributed by atoms with E-state index in [1.165, 1.54) is 6.92 Å². The van der Waals surface area contributed by atoms with Crippen LogP contribution in [0.5, 0.6) is 28.7 Å². The van der Waals surface area contributed by atoms with Gasteiger partial charge in [-0.25, -0.2) is 9.97 Å². The number of hydrogen-bond donors (Lipinski definition) is 1. The summed E-state index contributed by atoms with van der Waals surface area (Å²) in [6.07, 6.45) is 0. The van der Waals surface area contributed by atoms with E-state index in [4.69, 9.17) is 33.7 Å². The van der Waals surface area contributed by atoms with Crippen molar-refractivity contribution in [2.45, 2.75) is 6.92 Å². The van der Waals surface area contributed by atoms with Crippen LogP contribution in [-0.4, -0.2) is 51.3 Å². The van der Waals surface area contributed by atoms with Crippen LogP contribution in [0.3, 0.4) is 0 Å². The molecule has 0 saturated carbocycles. The van der Waals surface area contributed by atoms with Crippen LogP contribution in [0.2, 0.25) is 0 Å². The first kappa shape index (κ1) is 24.6. The minimum Gasteiger partial charge on any atom is -0.493 e. The van der Waals surface area contributed by atoms with Gasteiger partial charge >= 0.3 is 0 Å².